The Hall–Kier alpha value is -2.22. The van der Waals surface area contributed by atoms with Gasteiger partial charge in [0, 0.05) is 36.7 Å². The van der Waals surface area contributed by atoms with E-state index in [4.69, 9.17) is 5.73 Å². The second kappa shape index (κ2) is 7.80. The van der Waals surface area contributed by atoms with Gasteiger partial charge in [-0.2, -0.15) is 0 Å². The molecule has 0 radical (unpaired) electrons. The monoisotopic (exact) mass is 387 g/mol. The van der Waals surface area contributed by atoms with E-state index in [1.54, 1.807) is 30.9 Å². The summed E-state index contributed by atoms with van der Waals surface area (Å²) < 4.78 is 27.3. The highest BCUT2D eigenvalue weighted by molar-refractivity contribution is 7.89. The van der Waals surface area contributed by atoms with Crippen LogP contribution in [0.2, 0.25) is 0 Å². The van der Waals surface area contributed by atoms with E-state index in [1.165, 1.54) is 12.1 Å². The first-order valence-electron chi connectivity index (χ1n) is 9.00. The number of carbonyl (C=O) groups is 1. The quantitative estimate of drug-likeness (QED) is 0.820. The second-order valence-corrected chi connectivity index (χ2v) is 8.91. The first-order chi connectivity index (χ1) is 12.8. The molecule has 144 valence electrons. The zero-order valence-corrected chi connectivity index (χ0v) is 16.3. The van der Waals surface area contributed by atoms with Crippen molar-refractivity contribution in [2.75, 3.05) is 13.1 Å². The van der Waals surface area contributed by atoms with Crippen LogP contribution < -0.4 is 10.5 Å². The van der Waals surface area contributed by atoms with E-state index in [9.17, 15) is 13.2 Å². The van der Waals surface area contributed by atoms with E-state index in [-0.39, 0.29) is 28.8 Å². The van der Waals surface area contributed by atoms with Crippen molar-refractivity contribution in [2.45, 2.75) is 36.7 Å². The van der Waals surface area contributed by atoms with Crippen molar-refractivity contribution in [3.8, 4) is 0 Å². The van der Waals surface area contributed by atoms with Crippen molar-refractivity contribution in [1.82, 2.24) is 9.62 Å². The number of hydrogen-bond acceptors (Lipinski definition) is 4. The lowest BCUT2D eigenvalue weighted by atomic mass is 9.95. The average Bonchev–Trinajstić information content (AvgIpc) is 3.02. The number of rotatable bonds is 5. The van der Waals surface area contributed by atoms with Crippen LogP contribution in [-0.4, -0.2) is 44.4 Å². The lowest BCUT2D eigenvalue weighted by Crippen LogP contribution is -2.33. The minimum Gasteiger partial charge on any atom is -0.336 e. The molecule has 27 heavy (non-hydrogen) atoms. The standard InChI is InChI=1S/C20H25N3O3S/c1-14(2)22-27(25,26)17-10-6-9-16(11-17)20(24)23-12-18(19(21)13-23)15-7-4-3-5-8-15/h3-11,14,18-19,22H,12-13,21H2,1-2H3/t18-,19+/m0/s1. The lowest BCUT2D eigenvalue weighted by molar-refractivity contribution is 0.0789. The second-order valence-electron chi connectivity index (χ2n) is 7.19. The summed E-state index contributed by atoms with van der Waals surface area (Å²) in [5.74, 6) is -0.129. The van der Waals surface area contributed by atoms with Crippen LogP contribution in [0.1, 0.15) is 35.7 Å². The molecule has 7 heteroatoms. The Morgan fingerprint density at radius 2 is 1.81 bits per heavy atom. The normalized spacial score (nSPS) is 20.2. The van der Waals surface area contributed by atoms with E-state index >= 15 is 0 Å². The predicted molar refractivity (Wildman–Crippen MR) is 105 cm³/mol. The zero-order valence-electron chi connectivity index (χ0n) is 15.5. The summed E-state index contributed by atoms with van der Waals surface area (Å²) in [6.45, 7) is 4.47. The number of likely N-dealkylation sites (tertiary alicyclic amines) is 1. The minimum atomic E-state index is -3.65. The summed E-state index contributed by atoms with van der Waals surface area (Å²) in [6.07, 6.45) is 0. The molecule has 3 rings (SSSR count). The van der Waals surface area contributed by atoms with Gasteiger partial charge in [-0.1, -0.05) is 36.4 Å². The molecule has 0 aromatic heterocycles. The molecule has 1 aliphatic rings. The van der Waals surface area contributed by atoms with Gasteiger partial charge in [-0.25, -0.2) is 13.1 Å². The number of carbonyl (C=O) groups excluding carboxylic acids is 1. The summed E-state index contributed by atoms with van der Waals surface area (Å²) in [5.41, 5.74) is 7.73. The number of sulfonamides is 1. The maximum Gasteiger partial charge on any atom is 0.253 e. The van der Waals surface area contributed by atoms with Gasteiger partial charge >= 0.3 is 0 Å². The first kappa shape index (κ1) is 19.5. The third-order valence-corrected chi connectivity index (χ3v) is 6.32. The highest BCUT2D eigenvalue weighted by Crippen LogP contribution is 2.27. The predicted octanol–water partition coefficient (Wildman–Crippen LogP) is 1.94. The van der Waals surface area contributed by atoms with Crippen LogP contribution in [0.25, 0.3) is 0 Å². The molecule has 1 fully saturated rings. The van der Waals surface area contributed by atoms with E-state index in [0.717, 1.165) is 5.56 Å². The highest BCUT2D eigenvalue weighted by Gasteiger charge is 2.34. The molecule has 0 aliphatic carbocycles. The first-order valence-corrected chi connectivity index (χ1v) is 10.5. The van der Waals surface area contributed by atoms with Gasteiger partial charge in [0.2, 0.25) is 10.0 Å². The van der Waals surface area contributed by atoms with Crippen LogP contribution in [0.15, 0.2) is 59.5 Å². The molecule has 3 N–H and O–H groups in total. The van der Waals surface area contributed by atoms with Crippen LogP contribution in [0.3, 0.4) is 0 Å². The van der Waals surface area contributed by atoms with Crippen LogP contribution in [0.5, 0.6) is 0 Å². The molecule has 0 bridgehead atoms. The third-order valence-electron chi connectivity index (χ3n) is 4.66. The SMILES string of the molecule is CC(C)NS(=O)(=O)c1cccc(C(=O)N2C[C@@H](N)[C@H](c3ccccc3)C2)c1. The molecule has 6 nitrogen and oxygen atoms in total. The fraction of sp³-hybridized carbons (Fsp3) is 0.350. The summed E-state index contributed by atoms with van der Waals surface area (Å²) in [5, 5.41) is 0. The Kier molecular flexibility index (Phi) is 5.64. The molecule has 1 aliphatic heterocycles. The van der Waals surface area contributed by atoms with Gasteiger partial charge in [0.1, 0.15) is 0 Å². The molecule has 2 atom stereocenters. The van der Waals surface area contributed by atoms with Gasteiger partial charge in [0.25, 0.3) is 5.91 Å². The summed E-state index contributed by atoms with van der Waals surface area (Å²) in [4.78, 5) is 14.7. The molecular formula is C20H25N3O3S. The topological polar surface area (TPSA) is 92.5 Å². The molecule has 0 spiro atoms. The number of nitrogens with two attached hydrogens (primary N) is 1. The largest absolute Gasteiger partial charge is 0.336 e. The van der Waals surface area contributed by atoms with Crippen molar-refractivity contribution in [2.24, 2.45) is 5.73 Å². The highest BCUT2D eigenvalue weighted by atomic mass is 32.2. The maximum atomic E-state index is 12.9. The van der Waals surface area contributed by atoms with Crippen molar-refractivity contribution < 1.29 is 13.2 Å². The molecular weight excluding hydrogens is 362 g/mol. The molecule has 1 saturated heterocycles. The third kappa shape index (κ3) is 4.37. The zero-order chi connectivity index (χ0) is 19.6. The smallest absolute Gasteiger partial charge is 0.253 e. The van der Waals surface area contributed by atoms with Gasteiger partial charge < -0.3 is 10.6 Å². The Morgan fingerprint density at radius 3 is 2.48 bits per heavy atom. The summed E-state index contributed by atoms with van der Waals surface area (Å²) in [6, 6.07) is 15.7. The van der Waals surface area contributed by atoms with Crippen molar-refractivity contribution >= 4 is 15.9 Å². The number of amides is 1. The van der Waals surface area contributed by atoms with E-state index in [0.29, 0.717) is 18.7 Å². The van der Waals surface area contributed by atoms with Crippen molar-refractivity contribution in [3.63, 3.8) is 0 Å². The fourth-order valence-electron chi connectivity index (χ4n) is 3.40. The number of benzene rings is 2. The summed E-state index contributed by atoms with van der Waals surface area (Å²) in [7, 11) is -3.65. The van der Waals surface area contributed by atoms with E-state index in [2.05, 4.69) is 4.72 Å². The van der Waals surface area contributed by atoms with Crippen molar-refractivity contribution in [1.29, 1.82) is 0 Å². The van der Waals surface area contributed by atoms with Crippen molar-refractivity contribution in [3.05, 3.63) is 65.7 Å². The van der Waals surface area contributed by atoms with Gasteiger partial charge in [-0.05, 0) is 37.6 Å². The maximum absolute atomic E-state index is 12.9. The van der Waals surface area contributed by atoms with Gasteiger partial charge in [-0.15, -0.1) is 0 Å². The van der Waals surface area contributed by atoms with Gasteiger partial charge in [0.15, 0.2) is 0 Å². The minimum absolute atomic E-state index is 0.0738. The Balaban J connectivity index is 1.80. The Morgan fingerprint density at radius 1 is 1.11 bits per heavy atom. The Bertz CT molecular complexity index is 913. The Labute approximate surface area is 160 Å². The lowest BCUT2D eigenvalue weighted by Gasteiger charge is -2.17. The van der Waals surface area contributed by atoms with Gasteiger partial charge in [0.05, 0.1) is 4.90 Å². The molecule has 0 saturated carbocycles. The molecule has 2 aromatic rings. The molecule has 1 heterocycles. The van der Waals surface area contributed by atoms with Crippen LogP contribution in [-0.2, 0) is 10.0 Å². The fourth-order valence-corrected chi connectivity index (χ4v) is 4.70. The number of hydrogen-bond donors (Lipinski definition) is 2. The molecule has 1 amide bonds. The number of nitrogens with one attached hydrogen (secondary N) is 1. The number of nitrogens with zero attached hydrogens (tertiary/aromatic N) is 1. The molecule has 2 aromatic carbocycles. The van der Waals surface area contributed by atoms with Gasteiger partial charge in [-0.3, -0.25) is 4.79 Å². The van der Waals surface area contributed by atoms with E-state index < -0.39 is 10.0 Å². The average molecular weight is 388 g/mol. The van der Waals surface area contributed by atoms with Crippen LogP contribution in [0.4, 0.5) is 0 Å². The molecule has 0 unspecified atom stereocenters. The van der Waals surface area contributed by atoms with Crippen LogP contribution >= 0.6 is 0 Å². The van der Waals surface area contributed by atoms with E-state index in [1.807, 2.05) is 30.3 Å². The van der Waals surface area contributed by atoms with Crippen LogP contribution in [0, 0.1) is 0 Å². The summed E-state index contributed by atoms with van der Waals surface area (Å²) >= 11 is 0.